The second kappa shape index (κ2) is 6.60. The lowest BCUT2D eigenvalue weighted by molar-refractivity contribution is 0.102. The van der Waals surface area contributed by atoms with Gasteiger partial charge in [-0.1, -0.05) is 24.3 Å². The summed E-state index contributed by atoms with van der Waals surface area (Å²) in [4.78, 5) is 20.6. The van der Waals surface area contributed by atoms with Gasteiger partial charge in [0.2, 0.25) is 0 Å². The summed E-state index contributed by atoms with van der Waals surface area (Å²) in [6.07, 6.45) is 0.333. The molecule has 9 heteroatoms. The predicted molar refractivity (Wildman–Crippen MR) is 93.4 cm³/mol. The van der Waals surface area contributed by atoms with E-state index in [0.29, 0.717) is 22.0 Å². The number of nitrogens with zero attached hydrogens (tertiary/aromatic N) is 4. The van der Waals surface area contributed by atoms with Crippen LogP contribution >= 0.6 is 11.3 Å². The third-order valence-electron chi connectivity index (χ3n) is 3.72. The van der Waals surface area contributed by atoms with E-state index in [1.165, 1.54) is 28.1 Å². The van der Waals surface area contributed by atoms with Crippen LogP contribution in [0.1, 0.15) is 22.5 Å². The Morgan fingerprint density at radius 1 is 1.15 bits per heavy atom. The molecule has 0 spiro atoms. The molecular formula is C17H11F2N5OS. The maximum absolute atomic E-state index is 13.3. The number of imidazole rings is 1. The Labute approximate surface area is 150 Å². The van der Waals surface area contributed by atoms with Gasteiger partial charge in [0, 0.05) is 22.7 Å². The number of carbonyl (C=O) groups is 1. The van der Waals surface area contributed by atoms with E-state index in [1.807, 2.05) is 0 Å². The molecule has 0 fully saturated rings. The number of aromatic nitrogens is 4. The van der Waals surface area contributed by atoms with Crippen molar-refractivity contribution in [2.24, 2.45) is 0 Å². The Bertz CT molecular complexity index is 1080. The van der Waals surface area contributed by atoms with Gasteiger partial charge in [0.25, 0.3) is 12.3 Å². The van der Waals surface area contributed by atoms with E-state index in [0.717, 1.165) is 0 Å². The number of halogens is 2. The van der Waals surface area contributed by atoms with Gasteiger partial charge < -0.3 is 0 Å². The molecule has 1 aromatic carbocycles. The lowest BCUT2D eigenvalue weighted by Gasteiger charge is -2.09. The van der Waals surface area contributed by atoms with E-state index >= 15 is 0 Å². The molecule has 0 bridgehead atoms. The highest BCUT2D eigenvalue weighted by Gasteiger charge is 2.18. The number of fused-ring (bicyclic) bond motifs is 1. The van der Waals surface area contributed by atoms with E-state index in [-0.39, 0.29) is 11.3 Å². The van der Waals surface area contributed by atoms with Crippen LogP contribution in [0.4, 0.5) is 13.9 Å². The number of amides is 1. The van der Waals surface area contributed by atoms with Crippen molar-refractivity contribution in [1.82, 2.24) is 19.6 Å². The molecular weight excluding hydrogens is 360 g/mol. The molecule has 3 aromatic heterocycles. The minimum Gasteiger partial charge on any atom is -0.296 e. The quantitative estimate of drug-likeness (QED) is 0.588. The van der Waals surface area contributed by atoms with Gasteiger partial charge in [0.15, 0.2) is 16.5 Å². The first-order valence-corrected chi connectivity index (χ1v) is 8.44. The molecule has 0 unspecified atom stereocenters. The predicted octanol–water partition coefficient (Wildman–Crippen LogP) is 4.04. The molecule has 4 aromatic rings. The molecule has 1 N–H and O–H groups in total. The Morgan fingerprint density at radius 3 is 2.77 bits per heavy atom. The summed E-state index contributed by atoms with van der Waals surface area (Å²) in [7, 11) is 0. The van der Waals surface area contributed by atoms with Crippen LogP contribution < -0.4 is 5.32 Å². The van der Waals surface area contributed by atoms with Crippen molar-refractivity contribution in [3.05, 3.63) is 65.4 Å². The second-order valence-electron chi connectivity index (χ2n) is 5.31. The summed E-state index contributed by atoms with van der Waals surface area (Å²) in [5.41, 5.74) is 1.14. The van der Waals surface area contributed by atoms with Gasteiger partial charge in [0.05, 0.1) is 11.9 Å². The zero-order valence-electron chi connectivity index (χ0n) is 13.1. The monoisotopic (exact) mass is 371 g/mol. The van der Waals surface area contributed by atoms with Crippen LogP contribution in [0.3, 0.4) is 0 Å². The van der Waals surface area contributed by atoms with Crippen LogP contribution in [-0.4, -0.2) is 25.5 Å². The first-order chi connectivity index (χ1) is 12.6. The van der Waals surface area contributed by atoms with Crippen molar-refractivity contribution in [3.8, 4) is 11.3 Å². The number of anilines is 1. The highest BCUT2D eigenvalue weighted by atomic mass is 32.1. The summed E-state index contributed by atoms with van der Waals surface area (Å²) in [5.74, 6) is -0.431. The van der Waals surface area contributed by atoms with E-state index in [1.54, 1.807) is 41.9 Å². The fraction of sp³-hybridized carbons (Fsp3) is 0.0588. The van der Waals surface area contributed by atoms with Gasteiger partial charge in [-0.2, -0.15) is 5.10 Å². The van der Waals surface area contributed by atoms with E-state index in [4.69, 9.17) is 0 Å². The minimum absolute atomic E-state index is 0.117. The molecule has 0 atom stereocenters. The molecule has 4 rings (SSSR count). The van der Waals surface area contributed by atoms with Gasteiger partial charge in [-0.25, -0.2) is 23.3 Å². The van der Waals surface area contributed by atoms with E-state index in [2.05, 4.69) is 20.4 Å². The van der Waals surface area contributed by atoms with Crippen molar-refractivity contribution in [3.63, 3.8) is 0 Å². The molecule has 0 aliphatic rings. The lowest BCUT2D eigenvalue weighted by atomic mass is 10.0. The van der Waals surface area contributed by atoms with Gasteiger partial charge in [-0.3, -0.25) is 10.1 Å². The Balaban J connectivity index is 1.77. The van der Waals surface area contributed by atoms with Crippen LogP contribution in [0.15, 0.2) is 54.2 Å². The molecule has 3 heterocycles. The van der Waals surface area contributed by atoms with E-state index < -0.39 is 12.3 Å². The van der Waals surface area contributed by atoms with Crippen LogP contribution in [0.25, 0.3) is 16.9 Å². The van der Waals surface area contributed by atoms with Crippen molar-refractivity contribution in [2.45, 2.75) is 6.43 Å². The van der Waals surface area contributed by atoms with Crippen molar-refractivity contribution < 1.29 is 13.6 Å². The number of carbonyl (C=O) groups excluding carboxylic acids is 1. The van der Waals surface area contributed by atoms with Crippen LogP contribution in [-0.2, 0) is 0 Å². The van der Waals surface area contributed by atoms with Crippen molar-refractivity contribution in [1.29, 1.82) is 0 Å². The van der Waals surface area contributed by atoms with E-state index in [9.17, 15) is 13.6 Å². The largest absolute Gasteiger partial charge is 0.296 e. The average molecular weight is 371 g/mol. The number of hydrogen-bond donors (Lipinski definition) is 1. The first-order valence-electron chi connectivity index (χ1n) is 7.56. The lowest BCUT2D eigenvalue weighted by Crippen LogP contribution is -2.15. The minimum atomic E-state index is -2.63. The standard InChI is InChI=1S/C17H11F2N5OS/c18-15(19)11-4-2-1-3-10(11)12-5-6-14-21-9-13(24(14)23-12)16(25)22-17-20-7-8-26-17/h1-9,15H,(H,20,22,25). The Hall–Kier alpha value is -3.20. The summed E-state index contributed by atoms with van der Waals surface area (Å²) >= 11 is 1.28. The molecule has 0 saturated heterocycles. The SMILES string of the molecule is O=C(Nc1nccs1)c1cnc2ccc(-c3ccccc3C(F)F)nn12. The van der Waals surface area contributed by atoms with Gasteiger partial charge in [-0.05, 0) is 12.1 Å². The highest BCUT2D eigenvalue weighted by Crippen LogP contribution is 2.30. The fourth-order valence-electron chi connectivity index (χ4n) is 2.54. The van der Waals surface area contributed by atoms with Crippen molar-refractivity contribution >= 4 is 28.0 Å². The summed E-state index contributed by atoms with van der Waals surface area (Å²) < 4.78 is 27.9. The fourth-order valence-corrected chi connectivity index (χ4v) is 3.06. The van der Waals surface area contributed by atoms with Gasteiger partial charge in [-0.15, -0.1) is 11.3 Å². The number of rotatable bonds is 4. The number of hydrogen-bond acceptors (Lipinski definition) is 5. The number of thiazole rings is 1. The third kappa shape index (κ3) is 2.93. The van der Waals surface area contributed by atoms with Crippen LogP contribution in [0.5, 0.6) is 0 Å². The summed E-state index contributed by atoms with van der Waals surface area (Å²) in [6, 6.07) is 9.37. The summed E-state index contributed by atoms with van der Waals surface area (Å²) in [5, 5.41) is 9.18. The zero-order valence-corrected chi connectivity index (χ0v) is 14.0. The van der Waals surface area contributed by atoms with Gasteiger partial charge >= 0.3 is 0 Å². The molecule has 1 amide bonds. The third-order valence-corrected chi connectivity index (χ3v) is 4.41. The van der Waals surface area contributed by atoms with Crippen LogP contribution in [0.2, 0.25) is 0 Å². The molecule has 130 valence electrons. The average Bonchev–Trinajstić information content (AvgIpc) is 3.30. The maximum atomic E-state index is 13.3. The van der Waals surface area contributed by atoms with Crippen molar-refractivity contribution in [2.75, 3.05) is 5.32 Å². The molecule has 0 saturated carbocycles. The topological polar surface area (TPSA) is 72.2 Å². The Kier molecular flexibility index (Phi) is 4.13. The zero-order chi connectivity index (χ0) is 18.1. The highest BCUT2D eigenvalue weighted by molar-refractivity contribution is 7.13. The number of nitrogens with one attached hydrogen (secondary N) is 1. The number of alkyl halides is 2. The normalized spacial score (nSPS) is 11.2. The molecule has 26 heavy (non-hydrogen) atoms. The summed E-state index contributed by atoms with van der Waals surface area (Å²) in [6.45, 7) is 0. The number of benzene rings is 1. The molecule has 0 aliphatic carbocycles. The molecule has 6 nitrogen and oxygen atoms in total. The van der Waals surface area contributed by atoms with Crippen LogP contribution in [0, 0.1) is 0 Å². The van der Waals surface area contributed by atoms with Gasteiger partial charge in [0.1, 0.15) is 0 Å². The molecule has 0 aliphatic heterocycles. The maximum Gasteiger partial charge on any atom is 0.277 e. The first kappa shape index (κ1) is 16.3. The Morgan fingerprint density at radius 2 is 2.00 bits per heavy atom. The molecule has 0 radical (unpaired) electrons. The second-order valence-corrected chi connectivity index (χ2v) is 6.21. The smallest absolute Gasteiger partial charge is 0.277 e.